The lowest BCUT2D eigenvalue weighted by Crippen LogP contribution is -2.30. The summed E-state index contributed by atoms with van der Waals surface area (Å²) in [7, 11) is 0. The summed E-state index contributed by atoms with van der Waals surface area (Å²) in [5.74, 6) is 0.859. The van der Waals surface area contributed by atoms with E-state index in [1.165, 1.54) is 6.20 Å². The van der Waals surface area contributed by atoms with Gasteiger partial charge in [0, 0.05) is 18.9 Å². The summed E-state index contributed by atoms with van der Waals surface area (Å²) in [4.78, 5) is 15.6. The van der Waals surface area contributed by atoms with Crippen LogP contribution in [0.25, 0.3) is 0 Å². The molecule has 0 bridgehead atoms. The molecule has 0 fully saturated rings. The SMILES string of the molecule is CC(C)C(C)CNC(=O)c1ccncc1Cl. The second-order valence-electron chi connectivity index (χ2n) is 4.29. The Hall–Kier alpha value is -1.09. The van der Waals surface area contributed by atoms with Gasteiger partial charge in [-0.3, -0.25) is 9.78 Å². The lowest BCUT2D eigenvalue weighted by atomic mass is 9.98. The number of rotatable bonds is 4. The molecule has 1 heterocycles. The van der Waals surface area contributed by atoms with Crippen molar-refractivity contribution in [1.82, 2.24) is 10.3 Å². The van der Waals surface area contributed by atoms with Crippen molar-refractivity contribution in [2.45, 2.75) is 20.8 Å². The van der Waals surface area contributed by atoms with E-state index in [0.717, 1.165) is 0 Å². The number of nitrogens with zero attached hydrogens (tertiary/aromatic N) is 1. The minimum absolute atomic E-state index is 0.139. The van der Waals surface area contributed by atoms with Gasteiger partial charge >= 0.3 is 0 Å². The van der Waals surface area contributed by atoms with Gasteiger partial charge in [-0.2, -0.15) is 0 Å². The number of nitrogens with one attached hydrogen (secondary N) is 1. The zero-order valence-electron chi connectivity index (χ0n) is 9.83. The highest BCUT2D eigenvalue weighted by Gasteiger charge is 2.12. The third-order valence-electron chi connectivity index (χ3n) is 2.74. The van der Waals surface area contributed by atoms with Gasteiger partial charge in [0.15, 0.2) is 0 Å². The molecule has 1 unspecified atom stereocenters. The zero-order chi connectivity index (χ0) is 12.1. The number of hydrogen-bond acceptors (Lipinski definition) is 2. The largest absolute Gasteiger partial charge is 0.352 e. The Morgan fingerprint density at radius 1 is 1.50 bits per heavy atom. The van der Waals surface area contributed by atoms with E-state index in [1.54, 1.807) is 12.3 Å². The molecule has 0 aliphatic heterocycles. The van der Waals surface area contributed by atoms with Crippen molar-refractivity contribution in [3.8, 4) is 0 Å². The van der Waals surface area contributed by atoms with Crippen molar-refractivity contribution < 1.29 is 4.79 Å². The van der Waals surface area contributed by atoms with Crippen LogP contribution in [0.5, 0.6) is 0 Å². The third-order valence-corrected chi connectivity index (χ3v) is 3.04. The quantitative estimate of drug-likeness (QED) is 0.879. The molecule has 0 radical (unpaired) electrons. The molecule has 4 heteroatoms. The number of carbonyl (C=O) groups is 1. The number of carbonyl (C=O) groups excluding carboxylic acids is 1. The fourth-order valence-corrected chi connectivity index (χ4v) is 1.35. The van der Waals surface area contributed by atoms with Gasteiger partial charge in [-0.15, -0.1) is 0 Å². The van der Waals surface area contributed by atoms with E-state index in [4.69, 9.17) is 11.6 Å². The molecule has 88 valence electrons. The summed E-state index contributed by atoms with van der Waals surface area (Å²) in [5, 5.41) is 3.26. The maximum absolute atomic E-state index is 11.8. The van der Waals surface area contributed by atoms with Crippen molar-refractivity contribution >= 4 is 17.5 Å². The van der Waals surface area contributed by atoms with E-state index in [9.17, 15) is 4.79 Å². The Balaban J connectivity index is 2.57. The van der Waals surface area contributed by atoms with E-state index < -0.39 is 0 Å². The van der Waals surface area contributed by atoms with Crippen LogP contribution in [-0.4, -0.2) is 17.4 Å². The minimum Gasteiger partial charge on any atom is -0.352 e. The van der Waals surface area contributed by atoms with Crippen LogP contribution < -0.4 is 5.32 Å². The molecule has 0 spiro atoms. The summed E-state index contributed by atoms with van der Waals surface area (Å²) in [6.07, 6.45) is 3.04. The monoisotopic (exact) mass is 240 g/mol. The van der Waals surface area contributed by atoms with Crippen LogP contribution in [0.2, 0.25) is 5.02 Å². The second-order valence-corrected chi connectivity index (χ2v) is 4.69. The summed E-state index contributed by atoms with van der Waals surface area (Å²) in [6, 6.07) is 1.62. The fraction of sp³-hybridized carbons (Fsp3) is 0.500. The molecule has 1 aromatic rings. The van der Waals surface area contributed by atoms with Gasteiger partial charge in [-0.05, 0) is 17.9 Å². The average Bonchev–Trinajstić information content (AvgIpc) is 2.25. The van der Waals surface area contributed by atoms with Crippen molar-refractivity contribution in [3.63, 3.8) is 0 Å². The first-order valence-corrected chi connectivity index (χ1v) is 5.78. The number of pyridine rings is 1. The maximum Gasteiger partial charge on any atom is 0.252 e. The van der Waals surface area contributed by atoms with Crippen LogP contribution in [0.3, 0.4) is 0 Å². The van der Waals surface area contributed by atoms with E-state index in [2.05, 4.69) is 31.1 Å². The summed E-state index contributed by atoms with van der Waals surface area (Å²) in [6.45, 7) is 7.04. The summed E-state index contributed by atoms with van der Waals surface area (Å²) >= 11 is 5.87. The van der Waals surface area contributed by atoms with Crippen LogP contribution in [-0.2, 0) is 0 Å². The van der Waals surface area contributed by atoms with E-state index in [0.29, 0.717) is 29.0 Å². The van der Waals surface area contributed by atoms with Crippen LogP contribution >= 0.6 is 11.6 Å². The smallest absolute Gasteiger partial charge is 0.252 e. The van der Waals surface area contributed by atoms with E-state index in [-0.39, 0.29) is 5.91 Å². The van der Waals surface area contributed by atoms with Gasteiger partial charge in [0.05, 0.1) is 10.6 Å². The van der Waals surface area contributed by atoms with Gasteiger partial charge in [0.2, 0.25) is 0 Å². The summed E-state index contributed by atoms with van der Waals surface area (Å²) in [5.41, 5.74) is 0.479. The standard InChI is InChI=1S/C12H17ClN2O/c1-8(2)9(3)6-15-12(16)10-4-5-14-7-11(10)13/h4-5,7-9H,6H2,1-3H3,(H,15,16). The van der Waals surface area contributed by atoms with Crippen molar-refractivity contribution in [1.29, 1.82) is 0 Å². The maximum atomic E-state index is 11.8. The van der Waals surface area contributed by atoms with Crippen LogP contribution in [0.4, 0.5) is 0 Å². The third kappa shape index (κ3) is 3.49. The first-order chi connectivity index (χ1) is 7.52. The van der Waals surface area contributed by atoms with E-state index >= 15 is 0 Å². The molecule has 1 atom stereocenters. The van der Waals surface area contributed by atoms with Crippen LogP contribution in [0.15, 0.2) is 18.5 Å². The molecular weight excluding hydrogens is 224 g/mol. The molecule has 3 nitrogen and oxygen atoms in total. The Morgan fingerprint density at radius 2 is 2.19 bits per heavy atom. The number of hydrogen-bond donors (Lipinski definition) is 1. The lowest BCUT2D eigenvalue weighted by molar-refractivity contribution is 0.0945. The molecule has 1 N–H and O–H groups in total. The normalized spacial score (nSPS) is 12.6. The molecule has 1 rings (SSSR count). The molecular formula is C12H17ClN2O. The first kappa shape index (κ1) is 13.0. The molecule has 1 amide bonds. The molecule has 0 aliphatic rings. The topological polar surface area (TPSA) is 42.0 Å². The van der Waals surface area contributed by atoms with Crippen molar-refractivity contribution in [2.24, 2.45) is 11.8 Å². The molecule has 0 saturated carbocycles. The Kier molecular flexibility index (Phi) is 4.74. The molecule has 0 aliphatic carbocycles. The highest BCUT2D eigenvalue weighted by molar-refractivity contribution is 6.33. The average molecular weight is 241 g/mol. The molecule has 1 aromatic heterocycles. The van der Waals surface area contributed by atoms with Crippen LogP contribution in [0.1, 0.15) is 31.1 Å². The van der Waals surface area contributed by atoms with Crippen molar-refractivity contribution in [3.05, 3.63) is 29.0 Å². The fourth-order valence-electron chi connectivity index (χ4n) is 1.14. The second kappa shape index (κ2) is 5.85. The molecule has 16 heavy (non-hydrogen) atoms. The Bertz CT molecular complexity index is 366. The number of amides is 1. The molecule has 0 aromatic carbocycles. The van der Waals surface area contributed by atoms with Gasteiger partial charge in [0.1, 0.15) is 0 Å². The van der Waals surface area contributed by atoms with Gasteiger partial charge in [-0.25, -0.2) is 0 Å². The number of aromatic nitrogens is 1. The van der Waals surface area contributed by atoms with Gasteiger partial charge < -0.3 is 5.32 Å². The highest BCUT2D eigenvalue weighted by Crippen LogP contribution is 2.13. The first-order valence-electron chi connectivity index (χ1n) is 5.40. The van der Waals surface area contributed by atoms with E-state index in [1.807, 2.05) is 0 Å². The minimum atomic E-state index is -0.139. The predicted octanol–water partition coefficient (Wildman–Crippen LogP) is 2.76. The van der Waals surface area contributed by atoms with Gasteiger partial charge in [0.25, 0.3) is 5.91 Å². The van der Waals surface area contributed by atoms with Crippen LogP contribution in [0, 0.1) is 11.8 Å². The lowest BCUT2D eigenvalue weighted by Gasteiger charge is -2.16. The van der Waals surface area contributed by atoms with Crippen molar-refractivity contribution in [2.75, 3.05) is 6.54 Å². The molecule has 0 saturated heterocycles. The summed E-state index contributed by atoms with van der Waals surface area (Å²) < 4.78 is 0. The Labute approximate surface area is 101 Å². The number of halogens is 1. The predicted molar refractivity (Wildman–Crippen MR) is 65.6 cm³/mol. The zero-order valence-corrected chi connectivity index (χ0v) is 10.6. The Morgan fingerprint density at radius 3 is 2.75 bits per heavy atom. The highest BCUT2D eigenvalue weighted by atomic mass is 35.5. The van der Waals surface area contributed by atoms with Gasteiger partial charge in [-0.1, -0.05) is 32.4 Å².